The van der Waals surface area contributed by atoms with Crippen LogP contribution in [-0.2, 0) is 14.4 Å². The molecule has 1 N–H and O–H groups in total. The third-order valence-electron chi connectivity index (χ3n) is 6.10. The van der Waals surface area contributed by atoms with Crippen molar-refractivity contribution in [1.29, 1.82) is 0 Å². The molecule has 0 unspecified atom stereocenters. The number of hydrogen-bond acceptors (Lipinski definition) is 8. The molecule has 37 heavy (non-hydrogen) atoms. The number of hydrogen-bond donors (Lipinski definition) is 1. The lowest BCUT2D eigenvalue weighted by Crippen LogP contribution is -2.54. The molecule has 2 aromatic rings. The number of piperazine rings is 1. The zero-order valence-corrected chi connectivity index (χ0v) is 20.3. The molecule has 0 atom stereocenters. The van der Waals surface area contributed by atoms with Crippen LogP contribution in [0.1, 0.15) is 19.4 Å². The number of ether oxygens (including phenoxy) is 1. The van der Waals surface area contributed by atoms with Crippen molar-refractivity contribution < 1.29 is 28.8 Å². The second-order valence-electron chi connectivity index (χ2n) is 8.38. The molecule has 0 saturated carbocycles. The highest BCUT2D eigenvalue weighted by molar-refractivity contribution is 6.39. The van der Waals surface area contributed by atoms with E-state index in [1.807, 2.05) is 11.8 Å². The number of amides is 5. The highest BCUT2D eigenvalue weighted by Gasteiger charge is 2.37. The molecule has 2 fully saturated rings. The first-order chi connectivity index (χ1) is 17.7. The van der Waals surface area contributed by atoms with Gasteiger partial charge in [-0.3, -0.25) is 29.8 Å². The maximum atomic E-state index is 13.3. The molecule has 0 bridgehead atoms. The summed E-state index contributed by atoms with van der Waals surface area (Å²) in [5.41, 5.74) is 0.485. The van der Waals surface area contributed by atoms with E-state index >= 15 is 0 Å². The largest absolute Gasteiger partial charge is 0.494 e. The summed E-state index contributed by atoms with van der Waals surface area (Å²) in [6, 6.07) is 9.49. The van der Waals surface area contributed by atoms with Crippen LogP contribution >= 0.6 is 0 Å². The van der Waals surface area contributed by atoms with Gasteiger partial charge in [0.25, 0.3) is 17.5 Å². The molecule has 2 saturated heterocycles. The van der Waals surface area contributed by atoms with Gasteiger partial charge in [0.15, 0.2) is 0 Å². The summed E-state index contributed by atoms with van der Waals surface area (Å²) in [6.07, 6.45) is 1.26. The predicted octanol–water partition coefficient (Wildman–Crippen LogP) is 2.33. The Morgan fingerprint density at radius 2 is 1.76 bits per heavy atom. The lowest BCUT2D eigenvalue weighted by atomic mass is 10.0. The fourth-order valence-electron chi connectivity index (χ4n) is 4.23. The minimum atomic E-state index is -0.907. The molecular weight excluding hydrogens is 482 g/mol. The van der Waals surface area contributed by atoms with Crippen LogP contribution in [0.2, 0.25) is 0 Å². The molecule has 192 valence electrons. The van der Waals surface area contributed by atoms with E-state index in [1.54, 1.807) is 23.1 Å². The number of urea groups is 1. The highest BCUT2D eigenvalue weighted by atomic mass is 16.6. The van der Waals surface area contributed by atoms with Gasteiger partial charge >= 0.3 is 6.03 Å². The van der Waals surface area contributed by atoms with E-state index < -0.39 is 22.8 Å². The van der Waals surface area contributed by atoms with Crippen LogP contribution in [0.15, 0.2) is 48.0 Å². The van der Waals surface area contributed by atoms with E-state index in [4.69, 9.17) is 4.74 Å². The van der Waals surface area contributed by atoms with Gasteiger partial charge in [-0.1, -0.05) is 0 Å². The number of anilines is 2. The molecule has 12 nitrogen and oxygen atoms in total. The summed E-state index contributed by atoms with van der Waals surface area (Å²) in [5.74, 6) is -1.27. The summed E-state index contributed by atoms with van der Waals surface area (Å²) >= 11 is 0. The number of nitro benzene ring substituents is 1. The normalized spacial score (nSPS) is 17.2. The van der Waals surface area contributed by atoms with E-state index in [0.29, 0.717) is 44.2 Å². The van der Waals surface area contributed by atoms with Gasteiger partial charge in [-0.05, 0) is 43.3 Å². The molecule has 2 aliphatic heterocycles. The number of non-ortho nitro benzene ring substituents is 1. The Morgan fingerprint density at radius 1 is 1.08 bits per heavy atom. The zero-order chi connectivity index (χ0) is 26.7. The number of nitro groups is 1. The van der Waals surface area contributed by atoms with Crippen LogP contribution < -0.4 is 19.9 Å². The third kappa shape index (κ3) is 5.27. The molecule has 4 rings (SSSR count). The molecule has 5 amide bonds. The van der Waals surface area contributed by atoms with Crippen LogP contribution in [0.3, 0.4) is 0 Å². The monoisotopic (exact) mass is 507 g/mol. The number of carbonyl (C=O) groups excluding carboxylic acids is 4. The number of barbiturate groups is 1. The number of nitrogens with zero attached hydrogens (tertiary/aromatic N) is 4. The quantitative estimate of drug-likeness (QED) is 0.272. The molecule has 0 radical (unpaired) electrons. The van der Waals surface area contributed by atoms with Crippen molar-refractivity contribution in [2.24, 2.45) is 0 Å². The average molecular weight is 508 g/mol. The van der Waals surface area contributed by atoms with Gasteiger partial charge in [0, 0.05) is 56.5 Å². The standard InChI is InChI=1S/C25H25N5O7/c1-3-37-20-7-4-18(5-8-20)29-24(33)21(23(32)26-25(29)34)15-17-14-19(30(35)36)6-9-22(17)28-12-10-27(11-13-28)16(2)31/h4-9,14-15H,3,10-13H2,1-2H3,(H,26,32,34)/b21-15-. The lowest BCUT2D eigenvalue weighted by molar-refractivity contribution is -0.384. The highest BCUT2D eigenvalue weighted by Crippen LogP contribution is 2.30. The predicted molar refractivity (Wildman–Crippen MR) is 134 cm³/mol. The van der Waals surface area contributed by atoms with Gasteiger partial charge < -0.3 is 14.5 Å². The molecule has 12 heteroatoms. The maximum Gasteiger partial charge on any atom is 0.335 e. The van der Waals surface area contributed by atoms with Crippen molar-refractivity contribution in [3.05, 3.63) is 63.7 Å². The Morgan fingerprint density at radius 3 is 2.35 bits per heavy atom. The Balaban J connectivity index is 1.71. The fraction of sp³-hybridized carbons (Fsp3) is 0.280. The third-order valence-corrected chi connectivity index (χ3v) is 6.10. The van der Waals surface area contributed by atoms with Crippen molar-refractivity contribution in [1.82, 2.24) is 10.2 Å². The topological polar surface area (TPSA) is 142 Å². The fourth-order valence-corrected chi connectivity index (χ4v) is 4.23. The van der Waals surface area contributed by atoms with Gasteiger partial charge in [-0.25, -0.2) is 9.69 Å². The van der Waals surface area contributed by atoms with E-state index in [2.05, 4.69) is 5.32 Å². The van der Waals surface area contributed by atoms with Crippen LogP contribution in [0.4, 0.5) is 21.9 Å². The van der Waals surface area contributed by atoms with E-state index in [0.717, 1.165) is 4.90 Å². The summed E-state index contributed by atoms with van der Waals surface area (Å²) in [5, 5.41) is 13.6. The van der Waals surface area contributed by atoms with Gasteiger partial charge in [0.1, 0.15) is 11.3 Å². The van der Waals surface area contributed by atoms with Crippen molar-refractivity contribution in [3.8, 4) is 5.75 Å². The summed E-state index contributed by atoms with van der Waals surface area (Å²) in [4.78, 5) is 65.6. The van der Waals surface area contributed by atoms with Gasteiger partial charge in [0.05, 0.1) is 17.2 Å². The maximum absolute atomic E-state index is 13.3. The van der Waals surface area contributed by atoms with Crippen molar-refractivity contribution in [2.45, 2.75) is 13.8 Å². The number of imide groups is 2. The Labute approximate surface area is 212 Å². The van der Waals surface area contributed by atoms with Gasteiger partial charge in [-0.15, -0.1) is 0 Å². The minimum Gasteiger partial charge on any atom is -0.494 e. The SMILES string of the molecule is CCOc1ccc(N2C(=O)NC(=O)/C(=C/c3cc([N+](=O)[O-])ccc3N3CCN(C(C)=O)CC3)C2=O)cc1. The van der Waals surface area contributed by atoms with Crippen LogP contribution in [0.5, 0.6) is 5.75 Å². The Hall–Kier alpha value is -4.74. The molecule has 0 aliphatic carbocycles. The van der Waals surface area contributed by atoms with Crippen LogP contribution in [0.25, 0.3) is 6.08 Å². The van der Waals surface area contributed by atoms with Crippen molar-refractivity contribution in [2.75, 3.05) is 42.6 Å². The first kappa shape index (κ1) is 25.4. The zero-order valence-electron chi connectivity index (χ0n) is 20.3. The minimum absolute atomic E-state index is 0.0470. The van der Waals surface area contributed by atoms with Crippen molar-refractivity contribution in [3.63, 3.8) is 0 Å². The molecule has 2 heterocycles. The Bertz CT molecular complexity index is 1300. The molecule has 2 aromatic carbocycles. The number of carbonyl (C=O) groups is 4. The second-order valence-corrected chi connectivity index (χ2v) is 8.38. The molecule has 0 spiro atoms. The van der Waals surface area contributed by atoms with E-state index in [1.165, 1.54) is 37.3 Å². The average Bonchev–Trinajstić information content (AvgIpc) is 2.87. The van der Waals surface area contributed by atoms with Crippen LogP contribution in [-0.4, -0.2) is 66.4 Å². The van der Waals surface area contributed by atoms with Crippen molar-refractivity contribution >= 4 is 46.9 Å². The first-order valence-electron chi connectivity index (χ1n) is 11.6. The van der Waals surface area contributed by atoms with Crippen LogP contribution in [0, 0.1) is 10.1 Å². The van der Waals surface area contributed by atoms with E-state index in [-0.39, 0.29) is 28.4 Å². The summed E-state index contributed by atoms with van der Waals surface area (Å²) in [7, 11) is 0. The number of benzene rings is 2. The second kappa shape index (κ2) is 10.5. The first-order valence-corrected chi connectivity index (χ1v) is 11.6. The number of nitrogens with one attached hydrogen (secondary N) is 1. The van der Waals surface area contributed by atoms with E-state index in [9.17, 15) is 29.3 Å². The lowest BCUT2D eigenvalue weighted by Gasteiger charge is -2.36. The van der Waals surface area contributed by atoms with Gasteiger partial charge in [0.2, 0.25) is 5.91 Å². The molecular formula is C25H25N5O7. The summed E-state index contributed by atoms with van der Waals surface area (Å²) < 4.78 is 5.39. The number of rotatable bonds is 6. The summed E-state index contributed by atoms with van der Waals surface area (Å²) in [6.45, 7) is 5.60. The van der Waals surface area contributed by atoms with Gasteiger partial charge in [-0.2, -0.15) is 0 Å². The molecule has 0 aromatic heterocycles. The smallest absolute Gasteiger partial charge is 0.335 e. The molecule has 2 aliphatic rings. The Kier molecular flexibility index (Phi) is 7.18.